The van der Waals surface area contributed by atoms with E-state index in [-0.39, 0.29) is 6.10 Å². The van der Waals surface area contributed by atoms with Crippen molar-refractivity contribution in [2.75, 3.05) is 20.8 Å². The van der Waals surface area contributed by atoms with Crippen LogP contribution in [-0.2, 0) is 11.2 Å². The zero-order valence-electron chi connectivity index (χ0n) is 9.08. The molecule has 0 amide bonds. The van der Waals surface area contributed by atoms with Crippen LogP contribution < -0.4 is 9.47 Å². The number of methoxy groups -OCH3 is 2. The standard InChI is InChI=1S/C12H15O3/c1-8-10-7-12(14-3)11(13-2)6-9(10)4-5-15-8/h6-8H,1,4-5H2,2-3H3. The van der Waals surface area contributed by atoms with E-state index in [4.69, 9.17) is 14.2 Å². The Morgan fingerprint density at radius 3 is 2.60 bits per heavy atom. The van der Waals surface area contributed by atoms with Gasteiger partial charge < -0.3 is 14.2 Å². The van der Waals surface area contributed by atoms with E-state index < -0.39 is 0 Å². The second kappa shape index (κ2) is 4.11. The number of benzene rings is 1. The monoisotopic (exact) mass is 207 g/mol. The molecule has 1 radical (unpaired) electrons. The molecule has 0 fully saturated rings. The van der Waals surface area contributed by atoms with Crippen LogP contribution >= 0.6 is 0 Å². The summed E-state index contributed by atoms with van der Waals surface area (Å²) in [6, 6.07) is 3.96. The zero-order valence-corrected chi connectivity index (χ0v) is 9.08. The van der Waals surface area contributed by atoms with Gasteiger partial charge in [0.2, 0.25) is 0 Å². The molecule has 81 valence electrons. The highest BCUT2D eigenvalue weighted by Gasteiger charge is 2.20. The number of fused-ring (bicyclic) bond motifs is 1. The maximum Gasteiger partial charge on any atom is 0.161 e. The average molecular weight is 207 g/mol. The fraction of sp³-hybridized carbons (Fsp3) is 0.417. The fourth-order valence-electron chi connectivity index (χ4n) is 1.85. The summed E-state index contributed by atoms with van der Waals surface area (Å²) in [5.74, 6) is 1.50. The molecule has 1 aliphatic heterocycles. The Bertz CT molecular complexity index is 360. The molecular formula is C12H15O3. The number of hydrogen-bond acceptors (Lipinski definition) is 3. The summed E-state index contributed by atoms with van der Waals surface area (Å²) in [5, 5.41) is 0. The van der Waals surface area contributed by atoms with E-state index >= 15 is 0 Å². The van der Waals surface area contributed by atoms with Crippen LogP contribution in [0.1, 0.15) is 17.2 Å². The van der Waals surface area contributed by atoms with Gasteiger partial charge in [-0.15, -0.1) is 0 Å². The Labute approximate surface area is 90.0 Å². The van der Waals surface area contributed by atoms with Gasteiger partial charge in [-0.3, -0.25) is 0 Å². The summed E-state index contributed by atoms with van der Waals surface area (Å²) in [4.78, 5) is 0. The number of hydrogen-bond donors (Lipinski definition) is 0. The van der Waals surface area contributed by atoms with Gasteiger partial charge in [0.05, 0.1) is 26.9 Å². The fourth-order valence-corrected chi connectivity index (χ4v) is 1.85. The maximum atomic E-state index is 5.47. The lowest BCUT2D eigenvalue weighted by Crippen LogP contribution is -2.14. The lowest BCUT2D eigenvalue weighted by Gasteiger charge is -2.24. The summed E-state index contributed by atoms with van der Waals surface area (Å²) in [6.45, 7) is 4.67. The van der Waals surface area contributed by atoms with Crippen molar-refractivity contribution >= 4 is 0 Å². The van der Waals surface area contributed by atoms with Gasteiger partial charge in [0.25, 0.3) is 0 Å². The van der Waals surface area contributed by atoms with Crippen LogP contribution in [0.15, 0.2) is 12.1 Å². The summed E-state index contributed by atoms with van der Waals surface area (Å²) < 4.78 is 16.0. The molecule has 0 saturated heterocycles. The molecule has 0 saturated carbocycles. The second-order valence-electron chi connectivity index (χ2n) is 3.52. The molecule has 0 aliphatic carbocycles. The van der Waals surface area contributed by atoms with Crippen molar-refractivity contribution in [1.29, 1.82) is 0 Å². The molecule has 1 unspecified atom stereocenters. The predicted octanol–water partition coefficient (Wildman–Crippen LogP) is 2.15. The largest absolute Gasteiger partial charge is 0.493 e. The van der Waals surface area contributed by atoms with E-state index in [0.717, 1.165) is 30.1 Å². The molecule has 15 heavy (non-hydrogen) atoms. The average Bonchev–Trinajstić information content (AvgIpc) is 2.28. The highest BCUT2D eigenvalue weighted by molar-refractivity contribution is 5.49. The van der Waals surface area contributed by atoms with Crippen LogP contribution in [0.4, 0.5) is 0 Å². The molecule has 0 aromatic heterocycles. The molecule has 1 aliphatic rings. The third kappa shape index (κ3) is 1.79. The summed E-state index contributed by atoms with van der Waals surface area (Å²) in [5.41, 5.74) is 2.33. The van der Waals surface area contributed by atoms with Gasteiger partial charge in [0, 0.05) is 0 Å². The van der Waals surface area contributed by atoms with Gasteiger partial charge in [0.1, 0.15) is 0 Å². The van der Waals surface area contributed by atoms with Crippen LogP contribution in [0.2, 0.25) is 0 Å². The zero-order chi connectivity index (χ0) is 10.8. The summed E-state index contributed by atoms with van der Waals surface area (Å²) in [6.07, 6.45) is 0.801. The van der Waals surface area contributed by atoms with Gasteiger partial charge in [-0.05, 0) is 36.6 Å². The minimum absolute atomic E-state index is 0.103. The molecule has 3 heteroatoms. The molecule has 0 bridgehead atoms. The van der Waals surface area contributed by atoms with Crippen molar-refractivity contribution in [3.8, 4) is 11.5 Å². The molecule has 3 nitrogen and oxygen atoms in total. The minimum atomic E-state index is -0.103. The predicted molar refractivity (Wildman–Crippen MR) is 57.3 cm³/mol. The Hall–Kier alpha value is -1.22. The van der Waals surface area contributed by atoms with Crippen molar-refractivity contribution in [1.82, 2.24) is 0 Å². The highest BCUT2D eigenvalue weighted by atomic mass is 16.5. The third-order valence-corrected chi connectivity index (χ3v) is 2.68. The van der Waals surface area contributed by atoms with E-state index in [2.05, 4.69) is 6.92 Å². The van der Waals surface area contributed by atoms with Gasteiger partial charge in [0.15, 0.2) is 11.5 Å². The van der Waals surface area contributed by atoms with Gasteiger partial charge in [-0.2, -0.15) is 0 Å². The summed E-state index contributed by atoms with van der Waals surface area (Å²) in [7, 11) is 3.28. The first kappa shape index (κ1) is 10.3. The first-order chi connectivity index (χ1) is 7.26. The Morgan fingerprint density at radius 1 is 1.27 bits per heavy atom. The van der Waals surface area contributed by atoms with Crippen molar-refractivity contribution in [2.24, 2.45) is 0 Å². The van der Waals surface area contributed by atoms with Gasteiger partial charge >= 0.3 is 0 Å². The quantitative estimate of drug-likeness (QED) is 0.743. The van der Waals surface area contributed by atoms with E-state index in [1.807, 2.05) is 12.1 Å². The topological polar surface area (TPSA) is 27.7 Å². The number of rotatable bonds is 2. The minimum Gasteiger partial charge on any atom is -0.493 e. The molecule has 1 aromatic rings. The lowest BCUT2D eigenvalue weighted by molar-refractivity contribution is 0.0727. The lowest BCUT2D eigenvalue weighted by atomic mass is 9.97. The Balaban J connectivity index is 2.48. The van der Waals surface area contributed by atoms with Crippen LogP contribution in [0, 0.1) is 6.92 Å². The van der Waals surface area contributed by atoms with Crippen LogP contribution in [-0.4, -0.2) is 20.8 Å². The molecule has 2 rings (SSSR count). The number of ether oxygens (including phenoxy) is 3. The van der Waals surface area contributed by atoms with Gasteiger partial charge in [-0.1, -0.05) is 0 Å². The third-order valence-electron chi connectivity index (χ3n) is 2.68. The van der Waals surface area contributed by atoms with Crippen molar-refractivity contribution in [2.45, 2.75) is 12.5 Å². The molecule has 1 aromatic carbocycles. The SMILES string of the molecule is [CH2]C1OCCc2cc(OC)c(OC)cc21. The highest BCUT2D eigenvalue weighted by Crippen LogP contribution is 2.36. The molecule has 1 atom stereocenters. The van der Waals surface area contributed by atoms with E-state index in [1.54, 1.807) is 14.2 Å². The van der Waals surface area contributed by atoms with Crippen LogP contribution in [0.3, 0.4) is 0 Å². The first-order valence-corrected chi connectivity index (χ1v) is 4.95. The van der Waals surface area contributed by atoms with Crippen LogP contribution in [0.25, 0.3) is 0 Å². The first-order valence-electron chi connectivity index (χ1n) is 4.95. The van der Waals surface area contributed by atoms with Crippen LogP contribution in [0.5, 0.6) is 11.5 Å². The van der Waals surface area contributed by atoms with Crippen molar-refractivity contribution < 1.29 is 14.2 Å². The van der Waals surface area contributed by atoms with Gasteiger partial charge in [-0.25, -0.2) is 0 Å². The van der Waals surface area contributed by atoms with E-state index in [1.165, 1.54) is 5.56 Å². The second-order valence-corrected chi connectivity index (χ2v) is 3.52. The smallest absolute Gasteiger partial charge is 0.161 e. The normalized spacial score (nSPS) is 19.5. The molecular weight excluding hydrogens is 192 g/mol. The Morgan fingerprint density at radius 2 is 1.93 bits per heavy atom. The summed E-state index contributed by atoms with van der Waals surface area (Å²) >= 11 is 0. The van der Waals surface area contributed by atoms with Crippen molar-refractivity contribution in [3.63, 3.8) is 0 Å². The molecule has 1 heterocycles. The Kier molecular flexibility index (Phi) is 2.82. The van der Waals surface area contributed by atoms with E-state index in [9.17, 15) is 0 Å². The van der Waals surface area contributed by atoms with E-state index in [0.29, 0.717) is 0 Å². The molecule has 0 spiro atoms. The molecule has 0 N–H and O–H groups in total. The maximum absolute atomic E-state index is 5.47. The van der Waals surface area contributed by atoms with Crippen molar-refractivity contribution in [3.05, 3.63) is 30.2 Å².